The van der Waals surface area contributed by atoms with Crippen molar-refractivity contribution in [1.82, 2.24) is 4.72 Å². The topological polar surface area (TPSA) is 98.5 Å². The molecule has 1 aliphatic carbocycles. The largest absolute Gasteiger partial charge is 0.411 e. The van der Waals surface area contributed by atoms with Crippen LogP contribution in [0.1, 0.15) is 48.2 Å². The number of carbonyl (C=O) groups is 1. The number of amides is 1. The Morgan fingerprint density at radius 3 is 2.47 bits per heavy atom. The standard InChI is InChI=1S/C21H23F3N2O4S2/c1-14(2)7-8-15-9-10-16(11-17(15)12-30-13-21(22,23)24)20(27)26-32(29)19-6-4-3-5-18(19)31(25)28/h5-6,9-11,14H,3-4,12-13,25H2,1-2H3,(H,26,27). The molecule has 0 aliphatic heterocycles. The fourth-order valence-electron chi connectivity index (χ4n) is 2.65. The molecule has 2 atom stereocenters. The lowest BCUT2D eigenvalue weighted by molar-refractivity contribution is -0.176. The van der Waals surface area contributed by atoms with Crippen molar-refractivity contribution in [3.05, 3.63) is 56.9 Å². The zero-order chi connectivity index (χ0) is 23.9. The molecule has 0 saturated carbocycles. The Bertz CT molecular complexity index is 1040. The van der Waals surface area contributed by atoms with Crippen molar-refractivity contribution in [2.75, 3.05) is 6.61 Å². The fourth-order valence-corrected chi connectivity index (χ4v) is 4.62. The molecule has 2 unspecified atom stereocenters. The quantitative estimate of drug-likeness (QED) is 0.575. The number of halogens is 3. The number of ether oxygens (including phenoxy) is 1. The smallest absolute Gasteiger partial charge is 0.367 e. The van der Waals surface area contributed by atoms with Crippen LogP contribution in [-0.2, 0) is 33.3 Å². The summed E-state index contributed by atoms with van der Waals surface area (Å²) in [5.74, 6) is 5.09. The maximum absolute atomic E-state index is 12.6. The van der Waals surface area contributed by atoms with Crippen LogP contribution >= 0.6 is 0 Å². The lowest BCUT2D eigenvalue weighted by Gasteiger charge is -2.14. The Morgan fingerprint density at radius 2 is 1.88 bits per heavy atom. The molecule has 0 saturated heterocycles. The molecule has 1 aromatic rings. The van der Waals surface area contributed by atoms with Crippen molar-refractivity contribution in [2.24, 2.45) is 11.1 Å². The van der Waals surface area contributed by atoms with Crippen molar-refractivity contribution in [3.63, 3.8) is 0 Å². The molecule has 1 aromatic carbocycles. The van der Waals surface area contributed by atoms with E-state index < -0.39 is 47.3 Å². The molecule has 1 aliphatic rings. The molecular weight excluding hydrogens is 465 g/mol. The summed E-state index contributed by atoms with van der Waals surface area (Å²) >= 11 is 0. The normalized spacial score (nSPS) is 15.8. The number of carbonyl (C=O) groups excluding carboxylic acids is 1. The monoisotopic (exact) mass is 488 g/mol. The van der Waals surface area contributed by atoms with E-state index in [1.165, 1.54) is 18.2 Å². The van der Waals surface area contributed by atoms with Gasteiger partial charge in [-0.05, 0) is 36.6 Å². The van der Waals surface area contributed by atoms with Crippen molar-refractivity contribution >= 4 is 27.9 Å². The minimum absolute atomic E-state index is 0.0310. The van der Waals surface area contributed by atoms with Crippen LogP contribution in [0.3, 0.4) is 0 Å². The summed E-state index contributed by atoms with van der Waals surface area (Å²) in [6.45, 7) is 1.88. The van der Waals surface area contributed by atoms with Crippen LogP contribution in [0.2, 0.25) is 0 Å². The fraction of sp³-hybridized carbons (Fsp3) is 0.381. The summed E-state index contributed by atoms with van der Waals surface area (Å²) in [6, 6.07) is 4.27. The maximum Gasteiger partial charge on any atom is 0.411 e. The molecular formula is C21H23F3N2O4S2. The van der Waals surface area contributed by atoms with Gasteiger partial charge in [0.05, 0.1) is 16.4 Å². The molecule has 0 spiro atoms. The molecule has 1 amide bonds. The highest BCUT2D eigenvalue weighted by molar-refractivity contribution is 7.92. The van der Waals surface area contributed by atoms with Gasteiger partial charge in [-0.3, -0.25) is 9.52 Å². The predicted molar refractivity (Wildman–Crippen MR) is 117 cm³/mol. The number of hydrogen-bond donors (Lipinski definition) is 2. The molecule has 3 N–H and O–H groups in total. The van der Waals surface area contributed by atoms with Crippen LogP contribution in [0.4, 0.5) is 13.2 Å². The van der Waals surface area contributed by atoms with Gasteiger partial charge in [-0.15, -0.1) is 0 Å². The molecule has 0 aromatic heterocycles. The van der Waals surface area contributed by atoms with E-state index in [9.17, 15) is 26.4 Å². The second-order valence-electron chi connectivity index (χ2n) is 7.12. The van der Waals surface area contributed by atoms with E-state index in [4.69, 9.17) is 9.88 Å². The molecule has 0 heterocycles. The number of rotatable bonds is 7. The van der Waals surface area contributed by atoms with E-state index in [-0.39, 0.29) is 21.3 Å². The van der Waals surface area contributed by atoms with E-state index >= 15 is 0 Å². The van der Waals surface area contributed by atoms with Crippen molar-refractivity contribution < 1.29 is 31.1 Å². The number of alkyl halides is 3. The first-order chi connectivity index (χ1) is 15.0. The molecule has 0 bridgehead atoms. The van der Waals surface area contributed by atoms with Crippen molar-refractivity contribution in [3.8, 4) is 11.8 Å². The second-order valence-corrected chi connectivity index (χ2v) is 9.33. The van der Waals surface area contributed by atoms with Gasteiger partial charge in [-0.2, -0.15) is 13.2 Å². The van der Waals surface area contributed by atoms with Crippen molar-refractivity contribution in [1.29, 1.82) is 0 Å². The molecule has 0 radical (unpaired) electrons. The van der Waals surface area contributed by atoms with Gasteiger partial charge in [0, 0.05) is 17.0 Å². The minimum Gasteiger partial charge on any atom is -0.367 e. The lowest BCUT2D eigenvalue weighted by Crippen LogP contribution is -2.28. The van der Waals surface area contributed by atoms with Gasteiger partial charge in [0.25, 0.3) is 5.91 Å². The van der Waals surface area contributed by atoms with Gasteiger partial charge >= 0.3 is 6.18 Å². The molecule has 0 fully saturated rings. The summed E-state index contributed by atoms with van der Waals surface area (Å²) < 4.78 is 68.6. The van der Waals surface area contributed by atoms with Gasteiger partial charge in [0.2, 0.25) is 0 Å². The van der Waals surface area contributed by atoms with Crippen molar-refractivity contribution in [2.45, 2.75) is 39.5 Å². The average Bonchev–Trinajstić information content (AvgIpc) is 2.71. The summed E-state index contributed by atoms with van der Waals surface area (Å²) in [4.78, 5) is 13.0. The first kappa shape index (κ1) is 26.0. The van der Waals surface area contributed by atoms with Gasteiger partial charge in [-0.25, -0.2) is 13.6 Å². The first-order valence-corrected chi connectivity index (χ1v) is 11.9. The van der Waals surface area contributed by atoms with E-state index in [0.29, 0.717) is 24.0 Å². The Labute approximate surface area is 189 Å². The lowest BCUT2D eigenvalue weighted by atomic mass is 10.0. The Balaban J connectivity index is 2.23. The highest BCUT2D eigenvalue weighted by Gasteiger charge is 2.27. The van der Waals surface area contributed by atoms with Crippen LogP contribution < -0.4 is 9.86 Å². The zero-order valence-corrected chi connectivity index (χ0v) is 19.1. The molecule has 2 rings (SSSR count). The molecule has 11 heteroatoms. The number of benzene rings is 1. The first-order valence-electron chi connectivity index (χ1n) is 9.56. The van der Waals surface area contributed by atoms with Gasteiger partial charge in [0.1, 0.15) is 17.6 Å². The van der Waals surface area contributed by atoms with Crippen LogP contribution in [0.5, 0.6) is 0 Å². The summed E-state index contributed by atoms with van der Waals surface area (Å²) in [7, 11) is -3.88. The van der Waals surface area contributed by atoms with Gasteiger partial charge < -0.3 is 4.74 Å². The third-order valence-electron chi connectivity index (χ3n) is 4.06. The average molecular weight is 489 g/mol. The van der Waals surface area contributed by atoms with Gasteiger partial charge in [-0.1, -0.05) is 37.8 Å². The Morgan fingerprint density at radius 1 is 1.22 bits per heavy atom. The highest BCUT2D eigenvalue weighted by atomic mass is 32.2. The summed E-state index contributed by atoms with van der Waals surface area (Å²) in [5.41, 5.74) is 0.786. The van der Waals surface area contributed by atoms with Crippen LogP contribution in [0, 0.1) is 17.8 Å². The summed E-state index contributed by atoms with van der Waals surface area (Å²) in [5, 5.41) is 5.41. The Hall–Kier alpha value is -2.26. The number of nitrogens with two attached hydrogens (primary N) is 1. The SMILES string of the molecule is CC(C)C#Cc1ccc(C(=O)NS(=O)C2=CCCC=C2S(N)=O)cc1COCC(F)(F)F. The van der Waals surface area contributed by atoms with E-state index in [2.05, 4.69) is 16.6 Å². The van der Waals surface area contributed by atoms with E-state index in [1.54, 1.807) is 12.2 Å². The minimum atomic E-state index is -4.49. The van der Waals surface area contributed by atoms with Crippen LogP contribution in [0.15, 0.2) is 40.2 Å². The van der Waals surface area contributed by atoms with Crippen LogP contribution in [0.25, 0.3) is 0 Å². The Kier molecular flexibility index (Phi) is 9.39. The summed E-state index contributed by atoms with van der Waals surface area (Å²) in [6.07, 6.45) is -0.141. The molecule has 6 nitrogen and oxygen atoms in total. The molecule has 174 valence electrons. The van der Waals surface area contributed by atoms with Gasteiger partial charge in [0.15, 0.2) is 11.0 Å². The molecule has 32 heavy (non-hydrogen) atoms. The number of hydrogen-bond acceptors (Lipinski definition) is 4. The third kappa shape index (κ3) is 8.02. The highest BCUT2D eigenvalue weighted by Crippen LogP contribution is 2.23. The number of nitrogens with one attached hydrogen (secondary N) is 1. The predicted octanol–water partition coefficient (Wildman–Crippen LogP) is 3.35. The second kappa shape index (κ2) is 11.6. The van der Waals surface area contributed by atoms with E-state index in [1.807, 2.05) is 13.8 Å². The number of allylic oxidation sites excluding steroid dienone is 2. The zero-order valence-electron chi connectivity index (χ0n) is 17.5. The maximum atomic E-state index is 12.6. The third-order valence-corrected chi connectivity index (χ3v) is 6.16. The van der Waals surface area contributed by atoms with E-state index in [0.717, 1.165) is 0 Å². The van der Waals surface area contributed by atoms with Crippen LogP contribution in [-0.4, -0.2) is 27.1 Å².